The average molecular weight is 440 g/mol. The second-order valence-electron chi connectivity index (χ2n) is 6.37. The molecule has 0 saturated heterocycles. The van der Waals surface area contributed by atoms with Gasteiger partial charge in [0.25, 0.3) is 11.8 Å². The van der Waals surface area contributed by atoms with E-state index in [1.54, 1.807) is 55.5 Å². The zero-order chi connectivity index (χ0) is 22.4. The number of rotatable bonds is 7. The number of hydrogen-bond donors (Lipinski definition) is 2. The summed E-state index contributed by atoms with van der Waals surface area (Å²) in [6.07, 6.45) is 0. The number of benzene rings is 3. The molecule has 0 spiro atoms. The molecule has 3 aromatic carbocycles. The van der Waals surface area contributed by atoms with Gasteiger partial charge in [0.15, 0.2) is 5.75 Å². The van der Waals surface area contributed by atoms with Gasteiger partial charge in [-0.05, 0) is 61.5 Å². The maximum Gasteiger partial charge on any atom is 0.311 e. The second-order valence-corrected chi connectivity index (χ2v) is 6.81. The minimum Gasteiger partial charge on any atom is -0.487 e. The number of carbonyl (C=O) groups is 2. The summed E-state index contributed by atoms with van der Waals surface area (Å²) in [7, 11) is 0. The number of nitro benzene ring substituents is 1. The second kappa shape index (κ2) is 9.73. The van der Waals surface area contributed by atoms with Gasteiger partial charge >= 0.3 is 5.69 Å². The Morgan fingerprint density at radius 1 is 0.935 bits per heavy atom. The number of ether oxygens (including phenoxy) is 1. The van der Waals surface area contributed by atoms with Gasteiger partial charge in [-0.2, -0.15) is 0 Å². The molecule has 0 saturated carbocycles. The summed E-state index contributed by atoms with van der Waals surface area (Å²) < 4.78 is 5.22. The highest BCUT2D eigenvalue weighted by molar-refractivity contribution is 6.31. The van der Waals surface area contributed by atoms with Crippen molar-refractivity contribution < 1.29 is 19.2 Å². The number of nitro groups is 1. The average Bonchev–Trinajstić information content (AvgIpc) is 2.75. The normalized spacial score (nSPS) is 10.3. The van der Waals surface area contributed by atoms with Crippen LogP contribution in [0.3, 0.4) is 0 Å². The molecule has 0 heterocycles. The lowest BCUT2D eigenvalue weighted by Gasteiger charge is -2.09. The van der Waals surface area contributed by atoms with Crippen LogP contribution < -0.4 is 15.4 Å². The first-order valence-electron chi connectivity index (χ1n) is 9.27. The SMILES string of the molecule is CCOc1ccc(C(=O)Nc2ccc(NC(=O)c3cccc(Cl)c3)cc2)cc1[N+](=O)[O-]. The lowest BCUT2D eigenvalue weighted by Crippen LogP contribution is -2.13. The summed E-state index contributed by atoms with van der Waals surface area (Å²) >= 11 is 5.90. The van der Waals surface area contributed by atoms with E-state index in [0.29, 0.717) is 22.0 Å². The fourth-order valence-corrected chi connectivity index (χ4v) is 2.94. The minimum absolute atomic E-state index is 0.101. The predicted molar refractivity (Wildman–Crippen MR) is 118 cm³/mol. The van der Waals surface area contributed by atoms with Gasteiger partial charge in [0.2, 0.25) is 0 Å². The third-order valence-corrected chi connectivity index (χ3v) is 4.44. The summed E-state index contributed by atoms with van der Waals surface area (Å²) in [6.45, 7) is 1.98. The Morgan fingerprint density at radius 2 is 1.52 bits per heavy atom. The summed E-state index contributed by atoms with van der Waals surface area (Å²) in [6, 6.07) is 17.0. The van der Waals surface area contributed by atoms with E-state index in [2.05, 4.69) is 10.6 Å². The molecule has 31 heavy (non-hydrogen) atoms. The van der Waals surface area contributed by atoms with Crippen LogP contribution in [0.25, 0.3) is 0 Å². The van der Waals surface area contributed by atoms with Crippen LogP contribution in [0, 0.1) is 10.1 Å². The van der Waals surface area contributed by atoms with Gasteiger partial charge in [-0.15, -0.1) is 0 Å². The first-order valence-corrected chi connectivity index (χ1v) is 9.64. The maximum atomic E-state index is 12.5. The van der Waals surface area contributed by atoms with E-state index in [-0.39, 0.29) is 29.5 Å². The van der Waals surface area contributed by atoms with Crippen LogP contribution in [0.1, 0.15) is 27.6 Å². The van der Waals surface area contributed by atoms with Crippen LogP contribution in [0.15, 0.2) is 66.7 Å². The van der Waals surface area contributed by atoms with Crippen LogP contribution in [0.4, 0.5) is 17.1 Å². The Morgan fingerprint density at radius 3 is 2.03 bits per heavy atom. The molecule has 0 bridgehead atoms. The Balaban J connectivity index is 1.68. The van der Waals surface area contributed by atoms with E-state index in [0.717, 1.165) is 0 Å². The van der Waals surface area contributed by atoms with E-state index >= 15 is 0 Å². The fraction of sp³-hybridized carbons (Fsp3) is 0.0909. The molecule has 0 aliphatic heterocycles. The topological polar surface area (TPSA) is 111 Å². The van der Waals surface area contributed by atoms with Gasteiger partial charge in [0, 0.05) is 33.6 Å². The van der Waals surface area contributed by atoms with E-state index in [1.165, 1.54) is 18.2 Å². The Kier molecular flexibility index (Phi) is 6.84. The number of halogens is 1. The Labute approximate surface area is 182 Å². The number of hydrogen-bond acceptors (Lipinski definition) is 5. The van der Waals surface area contributed by atoms with Crippen LogP contribution in [0.2, 0.25) is 5.02 Å². The fourth-order valence-electron chi connectivity index (χ4n) is 2.75. The quantitative estimate of drug-likeness (QED) is 0.390. The molecule has 158 valence electrons. The highest BCUT2D eigenvalue weighted by Gasteiger charge is 2.18. The molecular weight excluding hydrogens is 422 g/mol. The van der Waals surface area contributed by atoms with Gasteiger partial charge in [-0.25, -0.2) is 0 Å². The molecular formula is C22H18ClN3O5. The highest BCUT2D eigenvalue weighted by Crippen LogP contribution is 2.28. The first-order chi connectivity index (χ1) is 14.9. The summed E-state index contributed by atoms with van der Waals surface area (Å²) in [5, 5.41) is 17.1. The molecule has 9 heteroatoms. The highest BCUT2D eigenvalue weighted by atomic mass is 35.5. The first kappa shape index (κ1) is 21.8. The molecule has 2 amide bonds. The molecule has 3 rings (SSSR count). The van der Waals surface area contributed by atoms with E-state index in [4.69, 9.17) is 16.3 Å². The molecule has 0 fully saturated rings. The molecule has 3 aromatic rings. The molecule has 0 atom stereocenters. The van der Waals surface area contributed by atoms with Crippen molar-refractivity contribution in [2.75, 3.05) is 17.2 Å². The van der Waals surface area contributed by atoms with E-state index in [9.17, 15) is 19.7 Å². The van der Waals surface area contributed by atoms with Crippen molar-refractivity contribution in [1.29, 1.82) is 0 Å². The zero-order valence-corrected chi connectivity index (χ0v) is 17.2. The monoisotopic (exact) mass is 439 g/mol. The molecule has 0 radical (unpaired) electrons. The molecule has 0 unspecified atom stereocenters. The number of nitrogens with one attached hydrogen (secondary N) is 2. The van der Waals surface area contributed by atoms with Crippen LogP contribution >= 0.6 is 11.6 Å². The van der Waals surface area contributed by atoms with Crippen molar-refractivity contribution in [3.63, 3.8) is 0 Å². The Bertz CT molecular complexity index is 1130. The molecule has 0 aliphatic rings. The van der Waals surface area contributed by atoms with Crippen molar-refractivity contribution in [3.8, 4) is 5.75 Å². The third-order valence-electron chi connectivity index (χ3n) is 4.21. The number of carbonyl (C=O) groups excluding carboxylic acids is 2. The third kappa shape index (κ3) is 5.58. The van der Waals surface area contributed by atoms with Crippen LogP contribution in [0.5, 0.6) is 5.75 Å². The van der Waals surface area contributed by atoms with Gasteiger partial charge in [0.1, 0.15) is 0 Å². The standard InChI is InChI=1S/C22H18ClN3O5/c1-2-31-20-11-6-15(13-19(20)26(29)30)22(28)25-18-9-7-17(8-10-18)24-21(27)14-4-3-5-16(23)12-14/h3-13H,2H2,1H3,(H,24,27)(H,25,28). The van der Waals surface area contributed by atoms with E-state index < -0.39 is 10.8 Å². The van der Waals surface area contributed by atoms with Gasteiger partial charge in [-0.3, -0.25) is 19.7 Å². The largest absolute Gasteiger partial charge is 0.487 e. The van der Waals surface area contributed by atoms with Crippen LogP contribution in [-0.4, -0.2) is 23.3 Å². The number of nitrogens with zero attached hydrogens (tertiary/aromatic N) is 1. The van der Waals surface area contributed by atoms with Crippen molar-refractivity contribution >= 4 is 40.5 Å². The lowest BCUT2D eigenvalue weighted by molar-refractivity contribution is -0.385. The van der Waals surface area contributed by atoms with Crippen molar-refractivity contribution in [2.45, 2.75) is 6.92 Å². The molecule has 8 nitrogen and oxygen atoms in total. The molecule has 2 N–H and O–H groups in total. The number of amides is 2. The predicted octanol–water partition coefficient (Wildman–Crippen LogP) is 5.15. The summed E-state index contributed by atoms with van der Waals surface area (Å²) in [5.41, 5.74) is 1.24. The Hall–Kier alpha value is -3.91. The number of anilines is 2. The zero-order valence-electron chi connectivity index (χ0n) is 16.4. The van der Waals surface area contributed by atoms with Crippen molar-refractivity contribution in [2.24, 2.45) is 0 Å². The summed E-state index contributed by atoms with van der Waals surface area (Å²) in [4.78, 5) is 35.4. The smallest absolute Gasteiger partial charge is 0.311 e. The van der Waals surface area contributed by atoms with Crippen molar-refractivity contribution in [3.05, 3.63) is 93.0 Å². The van der Waals surface area contributed by atoms with Gasteiger partial charge in [-0.1, -0.05) is 17.7 Å². The van der Waals surface area contributed by atoms with Crippen LogP contribution in [-0.2, 0) is 0 Å². The summed E-state index contributed by atoms with van der Waals surface area (Å²) in [5.74, 6) is -0.730. The van der Waals surface area contributed by atoms with Crippen molar-refractivity contribution in [1.82, 2.24) is 0 Å². The molecule has 0 aromatic heterocycles. The maximum absolute atomic E-state index is 12.5. The molecule has 0 aliphatic carbocycles. The van der Waals surface area contributed by atoms with E-state index in [1.807, 2.05) is 0 Å². The van der Waals surface area contributed by atoms with Gasteiger partial charge < -0.3 is 15.4 Å². The minimum atomic E-state index is -0.598. The lowest BCUT2D eigenvalue weighted by atomic mass is 10.1. The van der Waals surface area contributed by atoms with Gasteiger partial charge in [0.05, 0.1) is 11.5 Å².